The van der Waals surface area contributed by atoms with Gasteiger partial charge < -0.3 is 9.84 Å². The summed E-state index contributed by atoms with van der Waals surface area (Å²) in [4.78, 5) is 12.6. The molecule has 1 amide bonds. The van der Waals surface area contributed by atoms with Gasteiger partial charge in [0.15, 0.2) is 6.61 Å². The number of fused-ring (bicyclic) bond motifs is 1. The Hall–Kier alpha value is -2.09. The second-order valence-electron chi connectivity index (χ2n) is 8.51. The number of hydrogen-bond acceptors (Lipinski definition) is 4. The Morgan fingerprint density at radius 3 is 2.43 bits per heavy atom. The third kappa shape index (κ3) is 3.82. The number of ether oxygens (including phenoxy) is 1. The fourth-order valence-electron chi connectivity index (χ4n) is 4.94. The van der Waals surface area contributed by atoms with Crippen LogP contribution in [0.5, 0.6) is 5.75 Å². The zero-order valence-corrected chi connectivity index (χ0v) is 16.8. The number of hydrogen-bond donors (Lipinski definition) is 1. The van der Waals surface area contributed by atoms with Gasteiger partial charge in [-0.05, 0) is 55.7 Å². The van der Waals surface area contributed by atoms with E-state index in [1.54, 1.807) is 12.1 Å². The van der Waals surface area contributed by atoms with E-state index in [2.05, 4.69) is 5.10 Å². The van der Waals surface area contributed by atoms with Crippen LogP contribution in [0.4, 0.5) is 13.2 Å². The molecule has 0 unspecified atom stereocenters. The molecule has 0 aromatic heterocycles. The van der Waals surface area contributed by atoms with Crippen LogP contribution < -0.4 is 4.74 Å². The predicted molar refractivity (Wildman–Crippen MR) is 105 cm³/mol. The number of alkyl halides is 3. The maximum atomic E-state index is 13.8. The number of amides is 1. The normalized spacial score (nSPS) is 27.5. The summed E-state index contributed by atoms with van der Waals surface area (Å²) in [7, 11) is 0. The van der Waals surface area contributed by atoms with Crippen LogP contribution in [0.2, 0.25) is 0 Å². The molecular formula is C22H27F3N2O3. The van der Waals surface area contributed by atoms with Crippen molar-refractivity contribution in [2.45, 2.75) is 75.6 Å². The highest BCUT2D eigenvalue weighted by Crippen LogP contribution is 2.48. The van der Waals surface area contributed by atoms with Crippen molar-refractivity contribution < 1.29 is 27.8 Å². The lowest BCUT2D eigenvalue weighted by atomic mass is 9.80. The number of benzene rings is 1. The number of carbonyl (C=O) groups excluding carboxylic acids is 1. The summed E-state index contributed by atoms with van der Waals surface area (Å²) in [6.45, 7) is -0.620. The van der Waals surface area contributed by atoms with Gasteiger partial charge in [0.2, 0.25) is 0 Å². The smallest absolute Gasteiger partial charge is 0.439 e. The van der Waals surface area contributed by atoms with Crippen molar-refractivity contribution in [3.63, 3.8) is 0 Å². The van der Waals surface area contributed by atoms with Crippen LogP contribution in [-0.2, 0) is 4.79 Å². The SMILES string of the molecule is O=C(COc1ccc(C2CCCCC2)cc1)N1N=C2CCCC[C@H]2[C@]1(O)C(F)(F)F. The summed E-state index contributed by atoms with van der Waals surface area (Å²) in [5, 5.41) is 14.6. The van der Waals surface area contributed by atoms with Gasteiger partial charge in [0, 0.05) is 5.71 Å². The highest BCUT2D eigenvalue weighted by molar-refractivity contribution is 5.93. The molecule has 4 rings (SSSR count). The summed E-state index contributed by atoms with van der Waals surface area (Å²) in [6.07, 6.45) is 2.80. The monoisotopic (exact) mass is 424 g/mol. The highest BCUT2D eigenvalue weighted by Gasteiger charge is 2.68. The first-order valence-electron chi connectivity index (χ1n) is 10.7. The zero-order valence-electron chi connectivity index (χ0n) is 16.8. The predicted octanol–water partition coefficient (Wildman–Crippen LogP) is 4.75. The lowest BCUT2D eigenvalue weighted by Crippen LogP contribution is -2.62. The van der Waals surface area contributed by atoms with Crippen LogP contribution in [-0.4, -0.2) is 40.2 Å². The van der Waals surface area contributed by atoms with Crippen molar-refractivity contribution in [2.75, 3.05) is 6.61 Å². The van der Waals surface area contributed by atoms with E-state index in [1.165, 1.54) is 24.8 Å². The maximum Gasteiger partial charge on any atom is 0.439 e. The Labute approximate surface area is 173 Å². The third-order valence-corrected chi connectivity index (χ3v) is 6.59. The van der Waals surface area contributed by atoms with E-state index in [-0.39, 0.29) is 17.1 Å². The topological polar surface area (TPSA) is 62.1 Å². The van der Waals surface area contributed by atoms with Gasteiger partial charge in [-0.2, -0.15) is 23.3 Å². The standard InChI is InChI=1S/C22H27F3N2O3/c23-22(24,25)21(29)18-8-4-5-9-19(18)26-27(21)20(28)14-30-17-12-10-16(11-13-17)15-6-2-1-3-7-15/h10-13,15,18,29H,1-9,14H2/t18-,21+/m1/s1. The molecule has 0 spiro atoms. The minimum absolute atomic E-state index is 0.155. The average Bonchev–Trinajstić information content (AvgIpc) is 3.07. The largest absolute Gasteiger partial charge is 0.484 e. The molecule has 2 saturated carbocycles. The quantitative estimate of drug-likeness (QED) is 0.759. The molecule has 0 bridgehead atoms. The first-order valence-corrected chi connectivity index (χ1v) is 10.7. The molecule has 30 heavy (non-hydrogen) atoms. The maximum absolute atomic E-state index is 13.8. The van der Waals surface area contributed by atoms with Crippen LogP contribution in [0.15, 0.2) is 29.4 Å². The Bertz CT molecular complexity index is 803. The highest BCUT2D eigenvalue weighted by atomic mass is 19.4. The fraction of sp³-hybridized carbons (Fsp3) is 0.636. The Balaban J connectivity index is 1.43. The van der Waals surface area contributed by atoms with Crippen LogP contribution in [0.1, 0.15) is 69.3 Å². The summed E-state index contributed by atoms with van der Waals surface area (Å²) < 4.78 is 46.7. The molecule has 5 nitrogen and oxygen atoms in total. The minimum atomic E-state index is -5.00. The molecular weight excluding hydrogens is 397 g/mol. The van der Waals surface area contributed by atoms with Crippen LogP contribution in [0.3, 0.4) is 0 Å². The minimum Gasteiger partial charge on any atom is -0.484 e. The van der Waals surface area contributed by atoms with Crippen LogP contribution in [0.25, 0.3) is 0 Å². The number of aliphatic hydroxyl groups is 1. The molecule has 1 aromatic carbocycles. The Kier molecular flexibility index (Phi) is 5.79. The van der Waals surface area contributed by atoms with E-state index >= 15 is 0 Å². The van der Waals surface area contributed by atoms with Crippen LogP contribution >= 0.6 is 0 Å². The molecule has 2 atom stereocenters. The van der Waals surface area contributed by atoms with Crippen molar-refractivity contribution in [3.05, 3.63) is 29.8 Å². The summed E-state index contributed by atoms with van der Waals surface area (Å²) >= 11 is 0. The first-order chi connectivity index (χ1) is 14.3. The van der Waals surface area contributed by atoms with E-state index in [0.29, 0.717) is 30.9 Å². The molecule has 0 radical (unpaired) electrons. The van der Waals surface area contributed by atoms with E-state index in [1.807, 2.05) is 12.1 Å². The van der Waals surface area contributed by atoms with Crippen molar-refractivity contribution in [1.29, 1.82) is 0 Å². The second kappa shape index (κ2) is 8.21. The van der Waals surface area contributed by atoms with E-state index < -0.39 is 30.3 Å². The summed E-state index contributed by atoms with van der Waals surface area (Å²) in [5.41, 5.74) is -1.84. The second-order valence-corrected chi connectivity index (χ2v) is 8.51. The van der Waals surface area contributed by atoms with Gasteiger partial charge in [0.05, 0.1) is 5.92 Å². The van der Waals surface area contributed by atoms with Crippen molar-refractivity contribution >= 4 is 11.6 Å². The molecule has 2 aliphatic carbocycles. The fourth-order valence-corrected chi connectivity index (χ4v) is 4.94. The van der Waals surface area contributed by atoms with E-state index in [4.69, 9.17) is 4.74 Å². The zero-order chi connectivity index (χ0) is 21.4. The third-order valence-electron chi connectivity index (χ3n) is 6.59. The van der Waals surface area contributed by atoms with Gasteiger partial charge in [0.1, 0.15) is 5.75 Å². The Morgan fingerprint density at radius 2 is 1.77 bits per heavy atom. The van der Waals surface area contributed by atoms with Crippen molar-refractivity contribution in [1.82, 2.24) is 5.01 Å². The van der Waals surface area contributed by atoms with Gasteiger partial charge in [0.25, 0.3) is 11.6 Å². The molecule has 0 saturated heterocycles. The number of nitrogens with zero attached hydrogens (tertiary/aromatic N) is 2. The van der Waals surface area contributed by atoms with Gasteiger partial charge in [-0.1, -0.05) is 37.8 Å². The first kappa shape index (κ1) is 21.2. The number of rotatable bonds is 4. The van der Waals surface area contributed by atoms with Crippen molar-refractivity contribution in [3.8, 4) is 5.75 Å². The molecule has 1 aromatic rings. The van der Waals surface area contributed by atoms with Gasteiger partial charge in [-0.15, -0.1) is 0 Å². The molecule has 1 N–H and O–H groups in total. The van der Waals surface area contributed by atoms with E-state index in [0.717, 1.165) is 12.8 Å². The lowest BCUT2D eigenvalue weighted by Gasteiger charge is -2.38. The average molecular weight is 424 g/mol. The Morgan fingerprint density at radius 1 is 1.10 bits per heavy atom. The molecule has 3 aliphatic rings. The van der Waals surface area contributed by atoms with Crippen LogP contribution in [0, 0.1) is 5.92 Å². The summed E-state index contributed by atoms with van der Waals surface area (Å²) in [6, 6.07) is 7.38. The van der Waals surface area contributed by atoms with Gasteiger partial charge in [-0.25, -0.2) is 0 Å². The number of carbonyl (C=O) groups is 1. The van der Waals surface area contributed by atoms with Gasteiger partial charge in [-0.3, -0.25) is 4.79 Å². The number of halogens is 3. The van der Waals surface area contributed by atoms with E-state index in [9.17, 15) is 23.1 Å². The van der Waals surface area contributed by atoms with Crippen molar-refractivity contribution in [2.24, 2.45) is 11.0 Å². The van der Waals surface area contributed by atoms with Gasteiger partial charge >= 0.3 is 6.18 Å². The summed E-state index contributed by atoms with van der Waals surface area (Å²) in [5.74, 6) is -1.28. The molecule has 8 heteroatoms. The molecule has 1 aliphatic heterocycles. The molecule has 164 valence electrons. The molecule has 1 heterocycles. The molecule has 2 fully saturated rings. The number of hydrazone groups is 1. The lowest BCUT2D eigenvalue weighted by molar-refractivity contribution is -0.317.